The zero-order valence-electron chi connectivity index (χ0n) is 16.0. The van der Waals surface area contributed by atoms with Crippen molar-refractivity contribution in [3.05, 3.63) is 23.2 Å². The van der Waals surface area contributed by atoms with Crippen molar-refractivity contribution in [1.29, 1.82) is 0 Å². The fraction of sp³-hybridized carbons (Fsp3) is 0.737. The Morgan fingerprint density at radius 1 is 1.12 bits per heavy atom. The smallest absolute Gasteiger partial charge is 0.410 e. The van der Waals surface area contributed by atoms with Gasteiger partial charge < -0.3 is 9.64 Å². The Morgan fingerprint density at radius 2 is 1.65 bits per heavy atom. The van der Waals surface area contributed by atoms with Crippen LogP contribution in [0.5, 0.6) is 0 Å². The largest absolute Gasteiger partial charge is 0.444 e. The molecule has 1 spiro atoms. The van der Waals surface area contributed by atoms with Crippen LogP contribution in [0.15, 0.2) is 12.4 Å². The number of amides is 1. The Morgan fingerprint density at radius 3 is 2.19 bits per heavy atom. The summed E-state index contributed by atoms with van der Waals surface area (Å²) in [5.41, 5.74) is 1.05. The average molecular weight is 381 g/mol. The number of rotatable bonds is 2. The molecule has 3 rings (SSSR count). The molecule has 1 aromatic rings. The molecule has 2 aliphatic heterocycles. The molecule has 0 unspecified atom stereocenters. The van der Waals surface area contributed by atoms with Crippen LogP contribution in [0.4, 0.5) is 4.79 Å². The maximum Gasteiger partial charge on any atom is 0.410 e. The van der Waals surface area contributed by atoms with E-state index in [1.807, 2.05) is 25.7 Å². The third kappa shape index (κ3) is 5.07. The van der Waals surface area contributed by atoms with Gasteiger partial charge in [0.05, 0.1) is 0 Å². The van der Waals surface area contributed by atoms with E-state index in [1.165, 1.54) is 12.8 Å². The molecule has 0 N–H and O–H groups in total. The summed E-state index contributed by atoms with van der Waals surface area (Å²) in [6, 6.07) is 0. The molecular weight excluding hydrogens is 352 g/mol. The van der Waals surface area contributed by atoms with Gasteiger partial charge in [0.2, 0.25) is 5.28 Å². The van der Waals surface area contributed by atoms with Crippen molar-refractivity contribution in [3.63, 3.8) is 0 Å². The van der Waals surface area contributed by atoms with Crippen molar-refractivity contribution >= 4 is 17.7 Å². The number of halogens is 1. The molecule has 2 aliphatic rings. The Bertz CT molecular complexity index is 611. The summed E-state index contributed by atoms with van der Waals surface area (Å²) >= 11 is 5.75. The third-order valence-corrected chi connectivity index (χ3v) is 5.67. The minimum Gasteiger partial charge on any atom is -0.444 e. The highest BCUT2D eigenvalue weighted by atomic mass is 35.5. The molecule has 1 amide bonds. The van der Waals surface area contributed by atoms with Crippen LogP contribution in [0, 0.1) is 5.41 Å². The molecule has 0 aromatic carbocycles. The Labute approximate surface area is 160 Å². The predicted molar refractivity (Wildman–Crippen MR) is 101 cm³/mol. The van der Waals surface area contributed by atoms with Crippen molar-refractivity contribution in [2.45, 2.75) is 58.6 Å². The van der Waals surface area contributed by atoms with Gasteiger partial charge in [0.1, 0.15) is 5.60 Å². The molecule has 2 fully saturated rings. The van der Waals surface area contributed by atoms with E-state index >= 15 is 0 Å². The summed E-state index contributed by atoms with van der Waals surface area (Å²) < 4.78 is 5.50. The maximum absolute atomic E-state index is 12.2. The quantitative estimate of drug-likeness (QED) is 0.731. The lowest BCUT2D eigenvalue weighted by atomic mass is 9.71. The van der Waals surface area contributed by atoms with Gasteiger partial charge in [-0.1, -0.05) is 0 Å². The number of aromatic nitrogens is 2. The summed E-state index contributed by atoms with van der Waals surface area (Å²) in [7, 11) is 0. The van der Waals surface area contributed by atoms with Gasteiger partial charge in [0.25, 0.3) is 0 Å². The normalized spacial score (nSPS) is 21.0. The molecular formula is C19H29ClN4O2. The van der Waals surface area contributed by atoms with E-state index in [0.29, 0.717) is 10.7 Å². The second-order valence-corrected chi connectivity index (χ2v) is 8.94. The van der Waals surface area contributed by atoms with Crippen LogP contribution < -0.4 is 0 Å². The van der Waals surface area contributed by atoms with Crippen LogP contribution in [0.2, 0.25) is 5.28 Å². The van der Waals surface area contributed by atoms with Crippen LogP contribution in [-0.4, -0.2) is 57.6 Å². The van der Waals surface area contributed by atoms with Gasteiger partial charge in [-0.15, -0.1) is 0 Å². The molecule has 144 valence electrons. The number of nitrogens with zero attached hydrogens (tertiary/aromatic N) is 4. The van der Waals surface area contributed by atoms with Crippen LogP contribution in [-0.2, 0) is 11.3 Å². The molecule has 3 heterocycles. The first-order valence-corrected chi connectivity index (χ1v) is 9.79. The monoisotopic (exact) mass is 380 g/mol. The van der Waals surface area contributed by atoms with Crippen LogP contribution in [0.25, 0.3) is 0 Å². The first-order chi connectivity index (χ1) is 12.2. The van der Waals surface area contributed by atoms with Gasteiger partial charge in [-0.2, -0.15) is 0 Å². The predicted octanol–water partition coefficient (Wildman–Crippen LogP) is 3.74. The SMILES string of the molecule is CC(C)(C)OC(=O)N1CCC2(CCN(Cc3cnc(Cl)nc3)CC2)CC1. The summed E-state index contributed by atoms with van der Waals surface area (Å²) in [5, 5.41) is 0.295. The molecule has 26 heavy (non-hydrogen) atoms. The second kappa shape index (κ2) is 7.69. The number of carbonyl (C=O) groups is 1. The lowest BCUT2D eigenvalue weighted by molar-refractivity contribution is -0.00313. The van der Waals surface area contributed by atoms with Gasteiger partial charge in [0.15, 0.2) is 0 Å². The average Bonchev–Trinajstić information content (AvgIpc) is 2.58. The van der Waals surface area contributed by atoms with E-state index in [-0.39, 0.29) is 6.09 Å². The van der Waals surface area contributed by atoms with Crippen LogP contribution >= 0.6 is 11.6 Å². The molecule has 0 aliphatic carbocycles. The Kier molecular flexibility index (Phi) is 5.72. The van der Waals surface area contributed by atoms with Crippen LogP contribution in [0.1, 0.15) is 52.0 Å². The Balaban J connectivity index is 1.46. The number of hydrogen-bond donors (Lipinski definition) is 0. The fourth-order valence-corrected chi connectivity index (χ4v) is 3.95. The van der Waals surface area contributed by atoms with Crippen LogP contribution in [0.3, 0.4) is 0 Å². The molecule has 0 atom stereocenters. The molecule has 7 heteroatoms. The van der Waals surface area contributed by atoms with Gasteiger partial charge >= 0.3 is 6.09 Å². The minimum atomic E-state index is -0.428. The zero-order chi connectivity index (χ0) is 18.8. The lowest BCUT2D eigenvalue weighted by Gasteiger charge is -2.46. The van der Waals surface area contributed by atoms with Crippen molar-refractivity contribution in [3.8, 4) is 0 Å². The van der Waals surface area contributed by atoms with Gasteiger partial charge in [0, 0.05) is 37.6 Å². The molecule has 0 bridgehead atoms. The molecule has 2 saturated heterocycles. The fourth-order valence-electron chi connectivity index (χ4n) is 3.85. The number of piperidine rings is 2. The van der Waals surface area contributed by atoms with Crippen molar-refractivity contribution in [2.75, 3.05) is 26.2 Å². The van der Waals surface area contributed by atoms with E-state index in [9.17, 15) is 4.79 Å². The van der Waals surface area contributed by atoms with E-state index in [1.54, 1.807) is 12.4 Å². The zero-order valence-corrected chi connectivity index (χ0v) is 16.8. The van der Waals surface area contributed by atoms with E-state index < -0.39 is 5.60 Å². The van der Waals surface area contributed by atoms with Crippen molar-refractivity contribution in [2.24, 2.45) is 5.41 Å². The third-order valence-electron chi connectivity index (χ3n) is 5.47. The topological polar surface area (TPSA) is 58.6 Å². The highest BCUT2D eigenvalue weighted by Crippen LogP contribution is 2.41. The maximum atomic E-state index is 12.2. The molecule has 0 saturated carbocycles. The van der Waals surface area contributed by atoms with E-state index in [2.05, 4.69) is 14.9 Å². The molecule has 1 aromatic heterocycles. The minimum absolute atomic E-state index is 0.174. The summed E-state index contributed by atoms with van der Waals surface area (Å²) in [4.78, 5) is 24.7. The summed E-state index contributed by atoms with van der Waals surface area (Å²) in [6.45, 7) is 10.4. The van der Waals surface area contributed by atoms with E-state index in [4.69, 9.17) is 16.3 Å². The number of carbonyl (C=O) groups excluding carboxylic acids is 1. The van der Waals surface area contributed by atoms with Gasteiger partial charge in [-0.05, 0) is 76.6 Å². The number of likely N-dealkylation sites (tertiary alicyclic amines) is 2. The van der Waals surface area contributed by atoms with Gasteiger partial charge in [-0.3, -0.25) is 4.90 Å². The molecule has 6 nitrogen and oxygen atoms in total. The van der Waals surface area contributed by atoms with Gasteiger partial charge in [-0.25, -0.2) is 14.8 Å². The summed E-state index contributed by atoms with van der Waals surface area (Å²) in [6.07, 6.45) is 7.95. The van der Waals surface area contributed by atoms with E-state index in [0.717, 1.165) is 51.1 Å². The second-order valence-electron chi connectivity index (χ2n) is 8.60. The number of ether oxygens (including phenoxy) is 1. The first kappa shape index (κ1) is 19.4. The molecule has 0 radical (unpaired) electrons. The first-order valence-electron chi connectivity index (χ1n) is 9.41. The standard InChI is InChI=1S/C19H29ClN4O2/c1-18(2,3)26-17(25)24-10-6-19(7-11-24)4-8-23(9-5-19)14-15-12-21-16(20)22-13-15/h12-13H,4-11,14H2,1-3H3. The number of hydrogen-bond acceptors (Lipinski definition) is 5. The van der Waals surface area contributed by atoms with Crippen molar-refractivity contribution < 1.29 is 9.53 Å². The lowest BCUT2D eigenvalue weighted by Crippen LogP contribution is -2.49. The highest BCUT2D eigenvalue weighted by Gasteiger charge is 2.39. The van der Waals surface area contributed by atoms with Crippen molar-refractivity contribution in [1.82, 2.24) is 19.8 Å². The Hall–Kier alpha value is -1.40. The summed E-state index contributed by atoms with van der Waals surface area (Å²) in [5.74, 6) is 0. The highest BCUT2D eigenvalue weighted by molar-refractivity contribution is 6.28.